The molecular weight excluding hydrogens is 340 g/mol. The number of amides is 2. The summed E-state index contributed by atoms with van der Waals surface area (Å²) in [6.45, 7) is 3.80. The SMILES string of the molecule is C=CCN1C(=O)/C(=C/c2ccc3c(c2)n(C)c(=O)n3C)C(=O)NC1=S. The Bertz CT molecular complexity index is 1030. The highest BCUT2D eigenvalue weighted by atomic mass is 32.1. The van der Waals surface area contributed by atoms with Gasteiger partial charge in [0.1, 0.15) is 5.57 Å². The first-order valence-corrected chi connectivity index (χ1v) is 7.91. The van der Waals surface area contributed by atoms with E-state index in [0.29, 0.717) is 11.1 Å². The molecule has 2 aromatic rings. The third-order valence-electron chi connectivity index (χ3n) is 4.10. The number of aryl methyl sites for hydroxylation is 2. The molecule has 2 amide bonds. The molecule has 1 aliphatic heterocycles. The molecule has 0 bridgehead atoms. The van der Waals surface area contributed by atoms with Crippen molar-refractivity contribution in [2.24, 2.45) is 14.1 Å². The molecule has 1 aromatic carbocycles. The first-order chi connectivity index (χ1) is 11.8. The van der Waals surface area contributed by atoms with E-state index in [9.17, 15) is 14.4 Å². The summed E-state index contributed by atoms with van der Waals surface area (Å²) in [6.07, 6.45) is 3.03. The van der Waals surface area contributed by atoms with Gasteiger partial charge in [-0.15, -0.1) is 6.58 Å². The van der Waals surface area contributed by atoms with Crippen molar-refractivity contribution in [3.63, 3.8) is 0 Å². The second-order valence-electron chi connectivity index (χ2n) is 5.67. The van der Waals surface area contributed by atoms with Gasteiger partial charge in [0.2, 0.25) is 0 Å². The van der Waals surface area contributed by atoms with Crippen LogP contribution in [0, 0.1) is 0 Å². The highest BCUT2D eigenvalue weighted by Gasteiger charge is 2.32. The summed E-state index contributed by atoms with van der Waals surface area (Å²) in [5.74, 6) is -1.02. The lowest BCUT2D eigenvalue weighted by Crippen LogP contribution is -2.53. The van der Waals surface area contributed by atoms with Crippen LogP contribution in [-0.4, -0.2) is 37.5 Å². The lowest BCUT2D eigenvalue weighted by Gasteiger charge is -2.27. The molecule has 1 saturated heterocycles. The Labute approximate surface area is 148 Å². The molecule has 1 aliphatic rings. The van der Waals surface area contributed by atoms with Crippen LogP contribution in [0.2, 0.25) is 0 Å². The van der Waals surface area contributed by atoms with Crippen molar-refractivity contribution < 1.29 is 9.59 Å². The Hall–Kier alpha value is -3.00. The van der Waals surface area contributed by atoms with Crippen LogP contribution in [0.1, 0.15) is 5.56 Å². The summed E-state index contributed by atoms with van der Waals surface area (Å²) < 4.78 is 3.05. The first kappa shape index (κ1) is 16.8. The van der Waals surface area contributed by atoms with Gasteiger partial charge in [-0.25, -0.2) is 4.79 Å². The van der Waals surface area contributed by atoms with Crippen LogP contribution < -0.4 is 11.0 Å². The van der Waals surface area contributed by atoms with Crippen LogP contribution in [0.3, 0.4) is 0 Å². The van der Waals surface area contributed by atoms with Crippen molar-refractivity contribution in [1.29, 1.82) is 0 Å². The molecular formula is C17H16N4O3S. The molecule has 0 atom stereocenters. The monoisotopic (exact) mass is 356 g/mol. The molecule has 2 heterocycles. The zero-order valence-electron chi connectivity index (χ0n) is 13.8. The van der Waals surface area contributed by atoms with Gasteiger partial charge in [-0.2, -0.15) is 0 Å². The largest absolute Gasteiger partial charge is 0.328 e. The summed E-state index contributed by atoms with van der Waals surface area (Å²) in [5.41, 5.74) is 1.95. The first-order valence-electron chi connectivity index (χ1n) is 7.50. The van der Waals surface area contributed by atoms with E-state index >= 15 is 0 Å². The van der Waals surface area contributed by atoms with E-state index in [1.54, 1.807) is 32.3 Å². The number of nitrogens with zero attached hydrogens (tertiary/aromatic N) is 3. The minimum atomic E-state index is -0.544. The second-order valence-corrected chi connectivity index (χ2v) is 6.06. The maximum atomic E-state index is 12.5. The van der Waals surface area contributed by atoms with Crippen molar-refractivity contribution >= 4 is 46.3 Å². The van der Waals surface area contributed by atoms with Crippen LogP contribution in [0.5, 0.6) is 0 Å². The Morgan fingerprint density at radius 3 is 2.52 bits per heavy atom. The van der Waals surface area contributed by atoms with Crippen molar-refractivity contribution in [2.45, 2.75) is 0 Å². The fourth-order valence-corrected chi connectivity index (χ4v) is 3.02. The predicted molar refractivity (Wildman–Crippen MR) is 98.8 cm³/mol. The Morgan fingerprint density at radius 2 is 1.84 bits per heavy atom. The normalized spacial score (nSPS) is 16.6. The van der Waals surface area contributed by atoms with E-state index in [0.717, 1.165) is 5.52 Å². The summed E-state index contributed by atoms with van der Waals surface area (Å²) in [4.78, 5) is 38.0. The third kappa shape index (κ3) is 2.70. The number of carbonyl (C=O) groups excluding carboxylic acids is 2. The number of hydrogen-bond donors (Lipinski definition) is 1. The van der Waals surface area contributed by atoms with Crippen LogP contribution in [0.15, 0.2) is 41.2 Å². The van der Waals surface area contributed by atoms with E-state index in [-0.39, 0.29) is 22.9 Å². The Morgan fingerprint density at radius 1 is 1.16 bits per heavy atom. The van der Waals surface area contributed by atoms with E-state index in [4.69, 9.17) is 12.2 Å². The van der Waals surface area contributed by atoms with Gasteiger partial charge in [0.25, 0.3) is 11.8 Å². The highest BCUT2D eigenvalue weighted by Crippen LogP contribution is 2.19. The van der Waals surface area contributed by atoms with Gasteiger partial charge in [0, 0.05) is 20.6 Å². The number of fused-ring (bicyclic) bond motifs is 1. The van der Waals surface area contributed by atoms with Crippen LogP contribution >= 0.6 is 12.2 Å². The summed E-state index contributed by atoms with van der Waals surface area (Å²) in [7, 11) is 3.36. The lowest BCUT2D eigenvalue weighted by atomic mass is 10.1. The number of aromatic nitrogens is 2. The minimum Gasteiger partial charge on any atom is -0.298 e. The summed E-state index contributed by atoms with van der Waals surface area (Å²) in [6, 6.07) is 5.29. The predicted octanol–water partition coefficient (Wildman–Crippen LogP) is 0.690. The fourth-order valence-electron chi connectivity index (χ4n) is 2.77. The number of benzene rings is 1. The van der Waals surface area contributed by atoms with E-state index < -0.39 is 11.8 Å². The molecule has 128 valence electrons. The Balaban J connectivity index is 2.08. The summed E-state index contributed by atoms with van der Waals surface area (Å²) >= 11 is 5.02. The molecule has 1 fully saturated rings. The van der Waals surface area contributed by atoms with Crippen molar-refractivity contribution in [2.75, 3.05) is 6.54 Å². The average Bonchev–Trinajstić information content (AvgIpc) is 2.80. The third-order valence-corrected chi connectivity index (χ3v) is 4.43. The summed E-state index contributed by atoms with van der Waals surface area (Å²) in [5, 5.41) is 2.56. The molecule has 0 aliphatic carbocycles. The minimum absolute atomic E-state index is 0.0178. The molecule has 0 unspecified atom stereocenters. The molecule has 1 aromatic heterocycles. The molecule has 0 saturated carbocycles. The van der Waals surface area contributed by atoms with E-state index in [2.05, 4.69) is 11.9 Å². The number of hydrogen-bond acceptors (Lipinski definition) is 4. The number of thiocarbonyl (C=S) groups is 1. The maximum absolute atomic E-state index is 12.5. The molecule has 0 spiro atoms. The molecule has 3 rings (SSSR count). The van der Waals surface area contributed by atoms with Crippen molar-refractivity contribution in [3.05, 3.63) is 52.5 Å². The molecule has 0 radical (unpaired) electrons. The zero-order valence-corrected chi connectivity index (χ0v) is 14.6. The fraction of sp³-hybridized carbons (Fsp3) is 0.176. The van der Waals surface area contributed by atoms with E-state index in [1.165, 1.54) is 26.2 Å². The van der Waals surface area contributed by atoms with Gasteiger partial charge in [0.15, 0.2) is 5.11 Å². The quantitative estimate of drug-likeness (QED) is 0.380. The average molecular weight is 356 g/mol. The number of imidazole rings is 1. The standard InChI is InChI=1S/C17H16N4O3S/c1-4-7-21-15(23)11(14(22)18-16(21)25)8-10-5-6-12-13(9-10)20(3)17(24)19(12)2/h4-6,8-9H,1,7H2,2-3H3,(H,18,22,25)/b11-8+. The zero-order chi connectivity index (χ0) is 18.3. The van der Waals surface area contributed by atoms with Gasteiger partial charge in [-0.1, -0.05) is 12.1 Å². The van der Waals surface area contributed by atoms with Gasteiger partial charge >= 0.3 is 5.69 Å². The number of nitrogens with one attached hydrogen (secondary N) is 1. The van der Waals surface area contributed by atoms with Crippen LogP contribution in [0.4, 0.5) is 0 Å². The van der Waals surface area contributed by atoms with Gasteiger partial charge < -0.3 is 0 Å². The molecule has 8 heteroatoms. The van der Waals surface area contributed by atoms with Gasteiger partial charge in [0.05, 0.1) is 11.0 Å². The number of rotatable bonds is 3. The topological polar surface area (TPSA) is 76.3 Å². The van der Waals surface area contributed by atoms with Crippen LogP contribution in [0.25, 0.3) is 17.1 Å². The molecule has 25 heavy (non-hydrogen) atoms. The van der Waals surface area contributed by atoms with E-state index in [1.807, 2.05) is 0 Å². The van der Waals surface area contributed by atoms with Crippen LogP contribution in [-0.2, 0) is 23.7 Å². The Kier molecular flexibility index (Phi) is 4.13. The lowest BCUT2D eigenvalue weighted by molar-refractivity contribution is -0.128. The maximum Gasteiger partial charge on any atom is 0.328 e. The smallest absolute Gasteiger partial charge is 0.298 e. The van der Waals surface area contributed by atoms with Gasteiger partial charge in [-0.3, -0.25) is 28.9 Å². The van der Waals surface area contributed by atoms with Gasteiger partial charge in [-0.05, 0) is 36.0 Å². The highest BCUT2D eigenvalue weighted by molar-refractivity contribution is 7.80. The van der Waals surface area contributed by atoms with Crippen molar-refractivity contribution in [1.82, 2.24) is 19.4 Å². The second kappa shape index (κ2) is 6.14. The molecule has 1 N–H and O–H groups in total. The number of carbonyl (C=O) groups is 2. The van der Waals surface area contributed by atoms with Crippen molar-refractivity contribution in [3.8, 4) is 0 Å². The molecule has 7 nitrogen and oxygen atoms in total.